The van der Waals surface area contributed by atoms with E-state index in [0.717, 1.165) is 31.2 Å². The third-order valence-electron chi connectivity index (χ3n) is 4.55. The van der Waals surface area contributed by atoms with E-state index in [4.69, 9.17) is 9.47 Å². The molecule has 3 rings (SSSR count). The van der Waals surface area contributed by atoms with Crippen LogP contribution < -0.4 is 14.8 Å². The maximum Gasteiger partial charge on any atom is 0.247 e. The van der Waals surface area contributed by atoms with Crippen molar-refractivity contribution in [2.75, 3.05) is 20.8 Å². The number of benzene rings is 1. The van der Waals surface area contributed by atoms with Crippen LogP contribution in [0.3, 0.4) is 0 Å². The van der Waals surface area contributed by atoms with E-state index in [0.29, 0.717) is 24.1 Å². The number of ether oxygens (including phenoxy) is 2. The van der Waals surface area contributed by atoms with Crippen LogP contribution in [0.25, 0.3) is 6.08 Å². The van der Waals surface area contributed by atoms with E-state index in [9.17, 15) is 9.59 Å². The Balaban J connectivity index is 1.68. The molecule has 134 valence electrons. The predicted molar refractivity (Wildman–Crippen MR) is 94.5 cm³/mol. The highest BCUT2D eigenvalue weighted by molar-refractivity contribution is 5.96. The van der Waals surface area contributed by atoms with Crippen LogP contribution in [-0.2, 0) is 9.59 Å². The first-order valence-electron chi connectivity index (χ1n) is 8.63. The zero-order chi connectivity index (χ0) is 17.8. The maximum absolute atomic E-state index is 12.5. The smallest absolute Gasteiger partial charge is 0.247 e. The summed E-state index contributed by atoms with van der Waals surface area (Å²) in [6.07, 6.45) is 6.91. The Morgan fingerprint density at radius 1 is 1.12 bits per heavy atom. The first kappa shape index (κ1) is 17.3. The Morgan fingerprint density at radius 3 is 2.40 bits per heavy atom. The summed E-state index contributed by atoms with van der Waals surface area (Å²) in [7, 11) is 3.17. The summed E-state index contributed by atoms with van der Waals surface area (Å²) >= 11 is 0. The molecule has 2 aliphatic rings. The highest BCUT2D eigenvalue weighted by Crippen LogP contribution is 2.25. The van der Waals surface area contributed by atoms with Gasteiger partial charge in [0.25, 0.3) is 0 Å². The molecule has 0 aromatic heterocycles. The molecule has 0 spiro atoms. The molecule has 1 aromatic carbocycles. The second kappa shape index (κ2) is 7.59. The van der Waals surface area contributed by atoms with Gasteiger partial charge in [0.15, 0.2) is 0 Å². The molecular weight excluding hydrogens is 320 g/mol. The van der Waals surface area contributed by atoms with Gasteiger partial charge in [-0.05, 0) is 49.5 Å². The van der Waals surface area contributed by atoms with E-state index < -0.39 is 0 Å². The summed E-state index contributed by atoms with van der Waals surface area (Å²) in [5.74, 6) is 1.16. The molecular formula is C19H24N2O4. The van der Waals surface area contributed by atoms with Crippen molar-refractivity contribution in [3.8, 4) is 11.5 Å². The molecule has 1 saturated carbocycles. The maximum atomic E-state index is 12.5. The van der Waals surface area contributed by atoms with E-state index >= 15 is 0 Å². The number of nitrogens with one attached hydrogen (secondary N) is 1. The molecule has 1 saturated heterocycles. The van der Waals surface area contributed by atoms with E-state index in [1.807, 2.05) is 12.1 Å². The fourth-order valence-electron chi connectivity index (χ4n) is 3.02. The number of likely N-dealkylation sites (tertiary alicyclic amines) is 1. The van der Waals surface area contributed by atoms with Crippen LogP contribution >= 0.6 is 0 Å². The fourth-order valence-corrected chi connectivity index (χ4v) is 3.02. The highest BCUT2D eigenvalue weighted by atomic mass is 16.5. The van der Waals surface area contributed by atoms with E-state index in [1.165, 1.54) is 6.08 Å². The Bertz CT molecular complexity index is 660. The van der Waals surface area contributed by atoms with Crippen LogP contribution in [-0.4, -0.2) is 49.6 Å². The van der Waals surface area contributed by atoms with Crippen molar-refractivity contribution in [2.24, 2.45) is 0 Å². The molecule has 6 nitrogen and oxygen atoms in total. The van der Waals surface area contributed by atoms with Crippen LogP contribution in [0.4, 0.5) is 0 Å². The number of methoxy groups -OCH3 is 2. The lowest BCUT2D eigenvalue weighted by molar-refractivity contribution is -0.135. The Hall–Kier alpha value is -2.50. The molecule has 0 unspecified atom stereocenters. The predicted octanol–water partition coefficient (Wildman–Crippen LogP) is 1.99. The Labute approximate surface area is 147 Å². The van der Waals surface area contributed by atoms with Crippen molar-refractivity contribution in [3.63, 3.8) is 0 Å². The van der Waals surface area contributed by atoms with Gasteiger partial charge >= 0.3 is 0 Å². The Kier molecular flexibility index (Phi) is 5.26. The van der Waals surface area contributed by atoms with Crippen molar-refractivity contribution >= 4 is 17.9 Å². The average molecular weight is 344 g/mol. The lowest BCUT2D eigenvalue weighted by Crippen LogP contribution is -2.46. The van der Waals surface area contributed by atoms with Crippen molar-refractivity contribution < 1.29 is 19.1 Å². The van der Waals surface area contributed by atoms with E-state index in [1.54, 1.807) is 31.3 Å². The molecule has 1 heterocycles. The van der Waals surface area contributed by atoms with E-state index in [2.05, 4.69) is 5.32 Å². The number of carbonyl (C=O) groups excluding carboxylic acids is 2. The quantitative estimate of drug-likeness (QED) is 0.802. The molecule has 0 radical (unpaired) electrons. The first-order chi connectivity index (χ1) is 12.1. The van der Waals surface area contributed by atoms with Crippen LogP contribution in [0.1, 0.15) is 31.2 Å². The number of amides is 2. The van der Waals surface area contributed by atoms with Gasteiger partial charge in [-0.1, -0.05) is 0 Å². The normalized spacial score (nSPS) is 19.9. The van der Waals surface area contributed by atoms with Crippen LogP contribution in [0.15, 0.2) is 24.3 Å². The summed E-state index contributed by atoms with van der Waals surface area (Å²) in [4.78, 5) is 26.5. The van der Waals surface area contributed by atoms with Gasteiger partial charge in [-0.2, -0.15) is 0 Å². The number of rotatable bonds is 6. The van der Waals surface area contributed by atoms with Gasteiger partial charge < -0.3 is 19.7 Å². The zero-order valence-electron chi connectivity index (χ0n) is 14.7. The summed E-state index contributed by atoms with van der Waals surface area (Å²) in [6, 6.07) is 5.39. The minimum absolute atomic E-state index is 0.0233. The number of hydrogen-bond acceptors (Lipinski definition) is 4. The molecule has 0 bridgehead atoms. The minimum atomic E-state index is -0.349. The third-order valence-corrected chi connectivity index (χ3v) is 4.55. The van der Waals surface area contributed by atoms with Gasteiger partial charge in [-0.3, -0.25) is 9.59 Å². The van der Waals surface area contributed by atoms with Crippen molar-refractivity contribution in [3.05, 3.63) is 29.8 Å². The number of nitrogens with zero attached hydrogens (tertiary/aromatic N) is 1. The first-order valence-corrected chi connectivity index (χ1v) is 8.63. The average Bonchev–Trinajstić information content (AvgIpc) is 3.30. The van der Waals surface area contributed by atoms with Gasteiger partial charge in [0.1, 0.15) is 17.5 Å². The molecule has 1 aromatic rings. The molecule has 25 heavy (non-hydrogen) atoms. The van der Waals surface area contributed by atoms with Gasteiger partial charge in [-0.15, -0.1) is 0 Å². The van der Waals surface area contributed by atoms with Crippen LogP contribution in [0, 0.1) is 0 Å². The zero-order valence-corrected chi connectivity index (χ0v) is 14.7. The molecule has 1 aliphatic carbocycles. The third kappa shape index (κ3) is 4.32. The molecule has 2 fully saturated rings. The molecule has 6 heteroatoms. The number of hydrogen-bond donors (Lipinski definition) is 1. The van der Waals surface area contributed by atoms with Crippen molar-refractivity contribution in [2.45, 2.75) is 37.8 Å². The fraction of sp³-hybridized carbons (Fsp3) is 0.474. The number of carbonyl (C=O) groups is 2. The van der Waals surface area contributed by atoms with Crippen molar-refractivity contribution in [1.29, 1.82) is 0 Å². The minimum Gasteiger partial charge on any atom is -0.497 e. The lowest BCUT2D eigenvalue weighted by atomic mass is 10.1. The summed E-state index contributed by atoms with van der Waals surface area (Å²) in [6.45, 7) is 0.618. The van der Waals surface area contributed by atoms with Crippen LogP contribution in [0.2, 0.25) is 0 Å². The molecule has 2 amide bonds. The second-order valence-corrected chi connectivity index (χ2v) is 6.45. The largest absolute Gasteiger partial charge is 0.497 e. The topological polar surface area (TPSA) is 67.9 Å². The van der Waals surface area contributed by atoms with E-state index in [-0.39, 0.29) is 17.9 Å². The molecule has 1 atom stereocenters. The lowest BCUT2D eigenvalue weighted by Gasteiger charge is -2.22. The highest BCUT2D eigenvalue weighted by Gasteiger charge is 2.35. The summed E-state index contributed by atoms with van der Waals surface area (Å²) in [5.41, 5.74) is 0.808. The van der Waals surface area contributed by atoms with Crippen molar-refractivity contribution in [1.82, 2.24) is 10.2 Å². The standard InChI is InChI=1S/C19H24N2O4/c1-24-15-10-13(11-16(12-15)25-2)5-8-18(22)21-9-3-4-17(21)19(23)20-14-6-7-14/h5,8,10-12,14,17H,3-4,6-7,9H2,1-2H3,(H,20,23)/b8-5-/t17-/m0/s1. The second-order valence-electron chi connectivity index (χ2n) is 6.45. The molecule has 1 N–H and O–H groups in total. The van der Waals surface area contributed by atoms with Gasteiger partial charge in [0, 0.05) is 24.7 Å². The van der Waals surface area contributed by atoms with Gasteiger partial charge in [0.2, 0.25) is 11.8 Å². The monoisotopic (exact) mass is 344 g/mol. The molecule has 1 aliphatic heterocycles. The Morgan fingerprint density at radius 2 is 1.80 bits per heavy atom. The van der Waals surface area contributed by atoms with Crippen LogP contribution in [0.5, 0.6) is 11.5 Å². The summed E-state index contributed by atoms with van der Waals surface area (Å²) in [5, 5.41) is 2.99. The summed E-state index contributed by atoms with van der Waals surface area (Å²) < 4.78 is 10.5. The van der Waals surface area contributed by atoms with Gasteiger partial charge in [-0.25, -0.2) is 0 Å². The van der Waals surface area contributed by atoms with Gasteiger partial charge in [0.05, 0.1) is 14.2 Å². The SMILES string of the molecule is COc1cc(/C=C\C(=O)N2CCC[C@H]2C(=O)NC2CC2)cc(OC)c1.